The smallest absolute Gasteiger partial charge is 0.340 e. The van der Waals surface area contributed by atoms with Crippen LogP contribution in [0, 0.1) is 6.92 Å². The number of aromatic nitrogens is 1. The predicted molar refractivity (Wildman–Crippen MR) is 94.0 cm³/mol. The van der Waals surface area contributed by atoms with Crippen molar-refractivity contribution in [2.24, 2.45) is 5.73 Å². The number of halogens is 2. The summed E-state index contributed by atoms with van der Waals surface area (Å²) in [5.74, 6) is -1.42. The second kappa shape index (κ2) is 6.46. The number of esters is 1. The van der Waals surface area contributed by atoms with Crippen LogP contribution in [0.2, 0.25) is 10.0 Å². The maximum absolute atomic E-state index is 12.6. The molecule has 0 radical (unpaired) electrons. The Morgan fingerprint density at radius 2 is 2.04 bits per heavy atom. The molecule has 0 saturated heterocycles. The van der Waals surface area contributed by atoms with Crippen LogP contribution in [0.3, 0.4) is 0 Å². The Kier molecular flexibility index (Phi) is 4.49. The fourth-order valence-electron chi connectivity index (χ4n) is 2.86. The molecular formula is C17H14Cl2N2O4. The molecule has 1 aliphatic rings. The van der Waals surface area contributed by atoms with Gasteiger partial charge in [-0.1, -0.05) is 29.3 Å². The molecule has 1 aromatic carbocycles. The highest BCUT2D eigenvalue weighted by Gasteiger charge is 2.38. The van der Waals surface area contributed by atoms with E-state index in [1.54, 1.807) is 25.1 Å². The van der Waals surface area contributed by atoms with Crippen LogP contribution in [0.25, 0.3) is 0 Å². The number of nitrogens with one attached hydrogen (secondary N) is 1. The molecule has 8 heteroatoms. The van der Waals surface area contributed by atoms with Gasteiger partial charge >= 0.3 is 5.97 Å². The first kappa shape index (κ1) is 17.4. The molecule has 3 rings (SSSR count). The lowest BCUT2D eigenvalue weighted by Gasteiger charge is -2.28. The molecule has 2 aromatic rings. The quantitative estimate of drug-likeness (QED) is 0.781. The van der Waals surface area contributed by atoms with Crippen LogP contribution in [0.1, 0.15) is 22.7 Å². The summed E-state index contributed by atoms with van der Waals surface area (Å²) in [6.07, 6.45) is 0. The number of H-pyrrole nitrogens is 1. The summed E-state index contributed by atoms with van der Waals surface area (Å²) in [4.78, 5) is 27.6. The van der Waals surface area contributed by atoms with Gasteiger partial charge in [-0.25, -0.2) is 4.79 Å². The van der Waals surface area contributed by atoms with Crippen molar-refractivity contribution >= 4 is 29.2 Å². The zero-order valence-electron chi connectivity index (χ0n) is 13.4. The molecule has 130 valence electrons. The second-order valence-corrected chi connectivity index (χ2v) is 6.37. The third-order valence-electron chi connectivity index (χ3n) is 3.91. The van der Waals surface area contributed by atoms with Gasteiger partial charge in [-0.2, -0.15) is 0 Å². The van der Waals surface area contributed by atoms with Crippen molar-refractivity contribution in [1.82, 2.24) is 4.98 Å². The van der Waals surface area contributed by atoms with E-state index in [0.29, 0.717) is 21.3 Å². The first-order chi connectivity index (χ1) is 11.8. The van der Waals surface area contributed by atoms with Crippen LogP contribution in [-0.4, -0.2) is 18.1 Å². The number of rotatable bonds is 2. The van der Waals surface area contributed by atoms with Gasteiger partial charge in [0.15, 0.2) is 0 Å². The number of carbonyl (C=O) groups excluding carboxylic acids is 1. The van der Waals surface area contributed by atoms with Gasteiger partial charge in [-0.15, -0.1) is 0 Å². The predicted octanol–water partition coefficient (Wildman–Crippen LogP) is 2.86. The second-order valence-electron chi connectivity index (χ2n) is 5.53. The summed E-state index contributed by atoms with van der Waals surface area (Å²) in [7, 11) is 1.22. The highest BCUT2D eigenvalue weighted by Crippen LogP contribution is 2.43. The molecule has 1 aromatic heterocycles. The van der Waals surface area contributed by atoms with Crippen molar-refractivity contribution in [3.63, 3.8) is 0 Å². The lowest BCUT2D eigenvalue weighted by atomic mass is 9.83. The third kappa shape index (κ3) is 2.99. The maximum atomic E-state index is 12.6. The number of ether oxygens (including phenoxy) is 2. The van der Waals surface area contributed by atoms with E-state index in [1.807, 2.05) is 0 Å². The van der Waals surface area contributed by atoms with Crippen molar-refractivity contribution in [3.05, 3.63) is 72.9 Å². The Bertz CT molecular complexity index is 966. The topological polar surface area (TPSA) is 94.4 Å². The summed E-state index contributed by atoms with van der Waals surface area (Å²) >= 11 is 12.3. The summed E-state index contributed by atoms with van der Waals surface area (Å²) < 4.78 is 10.3. The van der Waals surface area contributed by atoms with Crippen LogP contribution in [0.5, 0.6) is 5.75 Å². The van der Waals surface area contributed by atoms with E-state index in [4.69, 9.17) is 38.4 Å². The Labute approximate surface area is 153 Å². The summed E-state index contributed by atoms with van der Waals surface area (Å²) in [5, 5.41) is 0.718. The number of aryl methyl sites for hydroxylation is 1. The van der Waals surface area contributed by atoms with Gasteiger partial charge in [0.25, 0.3) is 5.56 Å². The molecular weight excluding hydrogens is 367 g/mol. The Balaban J connectivity index is 2.34. The number of aromatic amines is 1. The summed E-state index contributed by atoms with van der Waals surface area (Å²) in [5.41, 5.74) is 6.87. The van der Waals surface area contributed by atoms with Gasteiger partial charge in [0.2, 0.25) is 5.88 Å². The molecule has 0 amide bonds. The number of benzene rings is 1. The van der Waals surface area contributed by atoms with E-state index < -0.39 is 17.4 Å². The van der Waals surface area contributed by atoms with E-state index in [2.05, 4.69) is 4.98 Å². The number of fused-ring (bicyclic) bond motifs is 1. The van der Waals surface area contributed by atoms with Crippen LogP contribution in [0.4, 0.5) is 0 Å². The van der Waals surface area contributed by atoms with E-state index in [9.17, 15) is 9.59 Å². The Hall–Kier alpha value is -2.44. The van der Waals surface area contributed by atoms with Gasteiger partial charge in [0, 0.05) is 21.8 Å². The monoisotopic (exact) mass is 380 g/mol. The fourth-order valence-corrected chi connectivity index (χ4v) is 3.38. The number of nitrogens with two attached hydrogens (primary N) is 1. The molecule has 1 atom stereocenters. The molecule has 0 saturated carbocycles. The molecule has 2 heterocycles. The normalized spacial score (nSPS) is 16.2. The first-order valence-electron chi connectivity index (χ1n) is 7.28. The van der Waals surface area contributed by atoms with Crippen molar-refractivity contribution in [3.8, 4) is 5.75 Å². The van der Waals surface area contributed by atoms with E-state index in [0.717, 1.165) is 0 Å². The molecule has 0 spiro atoms. The lowest BCUT2D eigenvalue weighted by Crippen LogP contribution is -2.31. The summed E-state index contributed by atoms with van der Waals surface area (Å²) in [6.45, 7) is 1.71. The minimum absolute atomic E-state index is 0.00794. The summed E-state index contributed by atoms with van der Waals surface area (Å²) in [6, 6.07) is 6.42. The van der Waals surface area contributed by atoms with E-state index in [1.165, 1.54) is 13.2 Å². The average molecular weight is 381 g/mol. The van der Waals surface area contributed by atoms with Gasteiger partial charge in [0.1, 0.15) is 11.3 Å². The highest BCUT2D eigenvalue weighted by atomic mass is 35.5. The molecule has 0 fully saturated rings. The third-order valence-corrected chi connectivity index (χ3v) is 4.47. The van der Waals surface area contributed by atoms with Crippen molar-refractivity contribution < 1.29 is 14.3 Å². The van der Waals surface area contributed by atoms with Crippen molar-refractivity contribution in [1.29, 1.82) is 0 Å². The first-order valence-corrected chi connectivity index (χ1v) is 8.03. The van der Waals surface area contributed by atoms with Gasteiger partial charge < -0.3 is 20.2 Å². The standard InChI is InChI=1S/C17H14Cl2N2O4/c1-7-5-11-13(16(22)21-7)12(9-4-3-8(18)6-10(9)19)14(15(20)25-11)17(23)24-2/h3-6,12H,20H2,1-2H3,(H,21,22)/t12-/m1/s1. The molecule has 0 bridgehead atoms. The fraction of sp³-hybridized carbons (Fsp3) is 0.176. The minimum Gasteiger partial charge on any atom is -0.465 e. The SMILES string of the molecule is COC(=O)C1=C(N)Oc2cc(C)[nH]c(=O)c2[C@H]1c1ccc(Cl)cc1Cl. The van der Waals surface area contributed by atoms with Crippen molar-refractivity contribution in [2.75, 3.05) is 7.11 Å². The van der Waals surface area contributed by atoms with Crippen molar-refractivity contribution in [2.45, 2.75) is 12.8 Å². The maximum Gasteiger partial charge on any atom is 0.340 e. The average Bonchev–Trinajstić information content (AvgIpc) is 2.52. The number of hydrogen-bond donors (Lipinski definition) is 2. The molecule has 3 N–H and O–H groups in total. The zero-order valence-corrected chi connectivity index (χ0v) is 14.9. The molecule has 6 nitrogen and oxygen atoms in total. The van der Waals surface area contributed by atoms with E-state index >= 15 is 0 Å². The van der Waals surface area contributed by atoms with Gasteiger partial charge in [0.05, 0.1) is 18.6 Å². The van der Waals surface area contributed by atoms with E-state index in [-0.39, 0.29) is 22.8 Å². The van der Waals surface area contributed by atoms with Crippen LogP contribution < -0.4 is 16.0 Å². The molecule has 0 aliphatic carbocycles. The molecule has 1 aliphatic heterocycles. The number of hydrogen-bond acceptors (Lipinski definition) is 5. The van der Waals surface area contributed by atoms with Crippen LogP contribution >= 0.6 is 23.2 Å². The molecule has 25 heavy (non-hydrogen) atoms. The van der Waals surface area contributed by atoms with Crippen LogP contribution in [0.15, 0.2) is 40.5 Å². The van der Waals surface area contributed by atoms with Gasteiger partial charge in [-0.05, 0) is 24.6 Å². The zero-order chi connectivity index (χ0) is 18.3. The lowest BCUT2D eigenvalue weighted by molar-refractivity contribution is -0.136. The number of pyridine rings is 1. The Morgan fingerprint density at radius 3 is 2.68 bits per heavy atom. The largest absolute Gasteiger partial charge is 0.465 e. The van der Waals surface area contributed by atoms with Gasteiger partial charge in [-0.3, -0.25) is 4.79 Å². The Morgan fingerprint density at radius 1 is 1.32 bits per heavy atom. The number of carbonyl (C=O) groups is 1. The molecule has 0 unspecified atom stereocenters. The van der Waals surface area contributed by atoms with Crippen LogP contribution in [-0.2, 0) is 9.53 Å². The number of methoxy groups -OCH3 is 1. The minimum atomic E-state index is -0.842. The highest BCUT2D eigenvalue weighted by molar-refractivity contribution is 6.35.